The molecule has 2 aromatic rings. The van der Waals surface area contributed by atoms with Gasteiger partial charge in [0, 0.05) is 24.5 Å². The molecule has 1 unspecified atom stereocenters. The molecule has 1 saturated heterocycles. The van der Waals surface area contributed by atoms with Crippen molar-refractivity contribution in [2.24, 2.45) is 0 Å². The zero-order valence-electron chi connectivity index (χ0n) is 14.2. The molecular weight excluding hydrogens is 298 g/mol. The highest BCUT2D eigenvalue weighted by Crippen LogP contribution is 2.21. The van der Waals surface area contributed by atoms with Gasteiger partial charge in [-0.25, -0.2) is 0 Å². The molecule has 0 spiro atoms. The van der Waals surface area contributed by atoms with Crippen molar-refractivity contribution < 1.29 is 4.79 Å². The molecular formula is C20H25N3O. The SMILES string of the molecule is CC(NC(=O)CNc1ccc(N2CCCC2)cc1)c1ccccc1. The van der Waals surface area contributed by atoms with Crippen LogP contribution in [0.15, 0.2) is 54.6 Å². The number of benzene rings is 2. The Morgan fingerprint density at radius 2 is 1.71 bits per heavy atom. The standard InChI is InChI=1S/C20H25N3O/c1-16(17-7-3-2-4-8-17)22-20(24)15-21-18-9-11-19(12-10-18)23-13-5-6-14-23/h2-4,7-12,16,21H,5-6,13-15H2,1H3,(H,22,24). The lowest BCUT2D eigenvalue weighted by Crippen LogP contribution is -2.32. The van der Waals surface area contributed by atoms with Gasteiger partial charge in [-0.3, -0.25) is 4.79 Å². The number of carbonyl (C=O) groups excluding carboxylic acids is 1. The van der Waals surface area contributed by atoms with Gasteiger partial charge in [0.1, 0.15) is 0 Å². The lowest BCUT2D eigenvalue weighted by Gasteiger charge is -2.18. The Balaban J connectivity index is 1.47. The molecule has 1 aliphatic heterocycles. The first-order valence-electron chi connectivity index (χ1n) is 8.65. The normalized spacial score (nSPS) is 15.1. The largest absolute Gasteiger partial charge is 0.376 e. The van der Waals surface area contributed by atoms with Gasteiger partial charge in [0.25, 0.3) is 0 Å². The van der Waals surface area contributed by atoms with Crippen molar-refractivity contribution in [1.29, 1.82) is 0 Å². The summed E-state index contributed by atoms with van der Waals surface area (Å²) in [5, 5.41) is 6.20. The topological polar surface area (TPSA) is 44.4 Å². The minimum absolute atomic E-state index is 0.00466. The molecule has 126 valence electrons. The van der Waals surface area contributed by atoms with Crippen LogP contribution >= 0.6 is 0 Å². The Morgan fingerprint density at radius 3 is 2.38 bits per heavy atom. The van der Waals surface area contributed by atoms with Crippen LogP contribution in [0, 0.1) is 0 Å². The van der Waals surface area contributed by atoms with Crippen LogP contribution in [0.25, 0.3) is 0 Å². The van der Waals surface area contributed by atoms with Crippen molar-refractivity contribution >= 4 is 17.3 Å². The second-order valence-corrected chi connectivity index (χ2v) is 6.29. The molecule has 0 aliphatic carbocycles. The van der Waals surface area contributed by atoms with Gasteiger partial charge in [-0.15, -0.1) is 0 Å². The number of amides is 1. The Labute approximate surface area is 143 Å². The maximum absolute atomic E-state index is 12.1. The van der Waals surface area contributed by atoms with Crippen LogP contribution in [-0.4, -0.2) is 25.5 Å². The highest BCUT2D eigenvalue weighted by molar-refractivity contribution is 5.81. The van der Waals surface area contributed by atoms with Gasteiger partial charge in [0.2, 0.25) is 5.91 Å². The highest BCUT2D eigenvalue weighted by Gasteiger charge is 2.12. The summed E-state index contributed by atoms with van der Waals surface area (Å²) in [6.07, 6.45) is 2.56. The molecule has 1 atom stereocenters. The molecule has 0 saturated carbocycles. The van der Waals surface area contributed by atoms with E-state index >= 15 is 0 Å². The molecule has 24 heavy (non-hydrogen) atoms. The van der Waals surface area contributed by atoms with E-state index in [0.29, 0.717) is 0 Å². The van der Waals surface area contributed by atoms with Gasteiger partial charge >= 0.3 is 0 Å². The molecule has 0 radical (unpaired) electrons. The number of hydrogen-bond acceptors (Lipinski definition) is 3. The Morgan fingerprint density at radius 1 is 1.04 bits per heavy atom. The van der Waals surface area contributed by atoms with E-state index in [1.165, 1.54) is 18.5 Å². The van der Waals surface area contributed by atoms with E-state index in [4.69, 9.17) is 0 Å². The average Bonchev–Trinajstić information content (AvgIpc) is 3.16. The third-order valence-corrected chi connectivity index (χ3v) is 4.47. The molecule has 1 fully saturated rings. The summed E-state index contributed by atoms with van der Waals surface area (Å²) >= 11 is 0. The molecule has 4 nitrogen and oxygen atoms in total. The first kappa shape index (κ1) is 16.4. The lowest BCUT2D eigenvalue weighted by atomic mass is 10.1. The summed E-state index contributed by atoms with van der Waals surface area (Å²) in [5.74, 6) is -0.00466. The average molecular weight is 323 g/mol. The summed E-state index contributed by atoms with van der Waals surface area (Å²) in [6.45, 7) is 4.57. The number of nitrogens with zero attached hydrogens (tertiary/aromatic N) is 1. The predicted molar refractivity (Wildman–Crippen MR) is 99.4 cm³/mol. The van der Waals surface area contributed by atoms with Crippen LogP contribution in [0.4, 0.5) is 11.4 Å². The molecule has 1 heterocycles. The Kier molecular flexibility index (Phi) is 5.36. The van der Waals surface area contributed by atoms with Gasteiger partial charge < -0.3 is 15.5 Å². The zero-order valence-corrected chi connectivity index (χ0v) is 14.2. The summed E-state index contributed by atoms with van der Waals surface area (Å²) in [5.41, 5.74) is 3.35. The van der Waals surface area contributed by atoms with Crippen molar-refractivity contribution in [3.63, 3.8) is 0 Å². The number of rotatable bonds is 6. The van der Waals surface area contributed by atoms with Gasteiger partial charge in [-0.05, 0) is 49.6 Å². The fourth-order valence-corrected chi connectivity index (χ4v) is 3.07. The molecule has 4 heteroatoms. The fourth-order valence-electron chi connectivity index (χ4n) is 3.07. The second kappa shape index (κ2) is 7.86. The van der Waals surface area contributed by atoms with Gasteiger partial charge in [-0.1, -0.05) is 30.3 Å². The lowest BCUT2D eigenvalue weighted by molar-refractivity contribution is -0.120. The third kappa shape index (κ3) is 4.28. The summed E-state index contributed by atoms with van der Waals surface area (Å²) in [4.78, 5) is 14.5. The van der Waals surface area contributed by atoms with Gasteiger partial charge in [-0.2, -0.15) is 0 Å². The van der Waals surface area contributed by atoms with Crippen LogP contribution in [-0.2, 0) is 4.79 Å². The van der Waals surface area contributed by atoms with Crippen molar-refractivity contribution in [1.82, 2.24) is 5.32 Å². The van der Waals surface area contributed by atoms with E-state index in [-0.39, 0.29) is 18.5 Å². The highest BCUT2D eigenvalue weighted by atomic mass is 16.1. The van der Waals surface area contributed by atoms with Crippen LogP contribution in [0.3, 0.4) is 0 Å². The zero-order chi connectivity index (χ0) is 16.8. The number of hydrogen-bond donors (Lipinski definition) is 2. The number of anilines is 2. The molecule has 2 aromatic carbocycles. The molecule has 0 bridgehead atoms. The first-order valence-corrected chi connectivity index (χ1v) is 8.65. The van der Waals surface area contributed by atoms with Crippen molar-refractivity contribution in [3.8, 4) is 0 Å². The van der Waals surface area contributed by atoms with Crippen LogP contribution in [0.1, 0.15) is 31.4 Å². The second-order valence-electron chi connectivity index (χ2n) is 6.29. The molecule has 3 rings (SSSR count). The number of nitrogens with one attached hydrogen (secondary N) is 2. The Bertz CT molecular complexity index is 648. The maximum atomic E-state index is 12.1. The minimum Gasteiger partial charge on any atom is -0.376 e. The Hall–Kier alpha value is -2.49. The summed E-state index contributed by atoms with van der Waals surface area (Å²) in [6, 6.07) is 18.3. The fraction of sp³-hybridized carbons (Fsp3) is 0.350. The van der Waals surface area contributed by atoms with E-state index in [1.807, 2.05) is 49.4 Å². The molecule has 2 N–H and O–H groups in total. The smallest absolute Gasteiger partial charge is 0.239 e. The first-order chi connectivity index (χ1) is 11.7. The van der Waals surface area contributed by atoms with Crippen molar-refractivity contribution in [3.05, 3.63) is 60.2 Å². The summed E-state index contributed by atoms with van der Waals surface area (Å²) in [7, 11) is 0. The van der Waals surface area contributed by atoms with Crippen LogP contribution in [0.5, 0.6) is 0 Å². The van der Waals surface area contributed by atoms with Gasteiger partial charge in [0.05, 0.1) is 12.6 Å². The van der Waals surface area contributed by atoms with Crippen molar-refractivity contribution in [2.75, 3.05) is 29.9 Å². The van der Waals surface area contributed by atoms with E-state index in [2.05, 4.69) is 27.7 Å². The quantitative estimate of drug-likeness (QED) is 0.854. The molecule has 1 aliphatic rings. The number of carbonyl (C=O) groups is 1. The van der Waals surface area contributed by atoms with Crippen LogP contribution in [0.2, 0.25) is 0 Å². The van der Waals surface area contributed by atoms with E-state index in [1.54, 1.807) is 0 Å². The maximum Gasteiger partial charge on any atom is 0.239 e. The van der Waals surface area contributed by atoms with E-state index < -0.39 is 0 Å². The van der Waals surface area contributed by atoms with Crippen molar-refractivity contribution in [2.45, 2.75) is 25.8 Å². The third-order valence-electron chi connectivity index (χ3n) is 4.47. The van der Waals surface area contributed by atoms with E-state index in [0.717, 1.165) is 24.3 Å². The van der Waals surface area contributed by atoms with E-state index in [9.17, 15) is 4.79 Å². The van der Waals surface area contributed by atoms with Gasteiger partial charge in [0.15, 0.2) is 0 Å². The minimum atomic E-state index is -0.00466. The molecule has 0 aromatic heterocycles. The molecule has 1 amide bonds. The van der Waals surface area contributed by atoms with Crippen LogP contribution < -0.4 is 15.5 Å². The monoisotopic (exact) mass is 323 g/mol. The predicted octanol–water partition coefficient (Wildman–Crippen LogP) is 3.58. The summed E-state index contributed by atoms with van der Waals surface area (Å²) < 4.78 is 0.